The first-order valence-electron chi connectivity index (χ1n) is 9.89. The first kappa shape index (κ1) is 19.6. The first-order valence-corrected chi connectivity index (χ1v) is 10.7. The Morgan fingerprint density at radius 3 is 2.86 bits per heavy atom. The second-order valence-corrected chi connectivity index (χ2v) is 8.63. The molecule has 1 aromatic carbocycles. The van der Waals surface area contributed by atoms with Crippen molar-refractivity contribution in [3.8, 4) is 0 Å². The third kappa shape index (κ3) is 3.79. The number of benzene rings is 1. The summed E-state index contributed by atoms with van der Waals surface area (Å²) < 4.78 is 10.6. The van der Waals surface area contributed by atoms with Gasteiger partial charge in [-0.05, 0) is 49.3 Å². The van der Waals surface area contributed by atoms with Gasteiger partial charge in [0.25, 0.3) is 5.91 Å². The maximum Gasteiger partial charge on any atom is 0.341 e. The summed E-state index contributed by atoms with van der Waals surface area (Å²) in [6.45, 7) is 4.21. The van der Waals surface area contributed by atoms with E-state index in [0.29, 0.717) is 28.5 Å². The minimum Gasteiger partial charge on any atom is -0.462 e. The molecule has 2 aliphatic rings. The Morgan fingerprint density at radius 2 is 2.07 bits per heavy atom. The van der Waals surface area contributed by atoms with Crippen LogP contribution in [0.2, 0.25) is 0 Å². The molecule has 29 heavy (non-hydrogen) atoms. The zero-order valence-corrected chi connectivity index (χ0v) is 17.3. The van der Waals surface area contributed by atoms with Crippen LogP contribution in [0, 0.1) is 5.92 Å². The summed E-state index contributed by atoms with van der Waals surface area (Å²) in [6.07, 6.45) is 2.06. The number of hydrogen-bond acceptors (Lipinski definition) is 6. The Hall–Kier alpha value is -2.67. The summed E-state index contributed by atoms with van der Waals surface area (Å²) in [6, 6.07) is 7.12. The Morgan fingerprint density at radius 1 is 1.28 bits per heavy atom. The highest BCUT2D eigenvalue weighted by Crippen LogP contribution is 2.40. The Labute approximate surface area is 173 Å². The molecule has 2 heterocycles. The van der Waals surface area contributed by atoms with Crippen molar-refractivity contribution in [2.24, 2.45) is 5.92 Å². The van der Waals surface area contributed by atoms with Gasteiger partial charge in [-0.2, -0.15) is 0 Å². The van der Waals surface area contributed by atoms with Crippen molar-refractivity contribution in [3.63, 3.8) is 0 Å². The lowest BCUT2D eigenvalue weighted by Crippen LogP contribution is -2.38. The van der Waals surface area contributed by atoms with E-state index in [4.69, 9.17) is 9.47 Å². The molecule has 0 bridgehead atoms. The molecular weight excluding hydrogens is 390 g/mol. The molecule has 6 nitrogen and oxygen atoms in total. The van der Waals surface area contributed by atoms with E-state index in [1.165, 1.54) is 11.3 Å². The van der Waals surface area contributed by atoms with Gasteiger partial charge in [-0.25, -0.2) is 9.59 Å². The summed E-state index contributed by atoms with van der Waals surface area (Å²) in [7, 11) is 0. The van der Waals surface area contributed by atoms with Gasteiger partial charge in [-0.15, -0.1) is 11.3 Å². The van der Waals surface area contributed by atoms with Crippen molar-refractivity contribution in [1.82, 2.24) is 0 Å². The topological polar surface area (TPSA) is 81.7 Å². The zero-order valence-electron chi connectivity index (χ0n) is 16.4. The minimum absolute atomic E-state index is 0.268. The van der Waals surface area contributed by atoms with Crippen molar-refractivity contribution in [1.29, 1.82) is 0 Å². The number of nitrogens with one attached hydrogen (secondary N) is 1. The lowest BCUT2D eigenvalue weighted by atomic mass is 9.88. The quantitative estimate of drug-likeness (QED) is 0.772. The fourth-order valence-electron chi connectivity index (χ4n) is 3.93. The number of esters is 2. The molecule has 152 valence electrons. The zero-order chi connectivity index (χ0) is 20.5. The molecule has 2 atom stereocenters. The smallest absolute Gasteiger partial charge is 0.341 e. The lowest BCUT2D eigenvalue weighted by Gasteiger charge is -2.23. The molecular formula is C22H23NO5S. The summed E-state index contributed by atoms with van der Waals surface area (Å²) in [4.78, 5) is 38.9. The summed E-state index contributed by atoms with van der Waals surface area (Å²) in [5, 5.41) is 3.33. The van der Waals surface area contributed by atoms with Gasteiger partial charge in [-0.3, -0.25) is 4.79 Å². The maximum atomic E-state index is 12.9. The molecule has 0 saturated heterocycles. The van der Waals surface area contributed by atoms with Crippen LogP contribution in [-0.2, 0) is 33.5 Å². The standard InChI is InChI=1S/C22H23NO5S/c1-3-27-22(26)18-15-9-8-12(2)10-17(15)29-20(18)23-19(24)16-11-13-6-4-5-7-14(13)21(25)28-16/h4-7,12,16H,3,8-11H2,1-2H3,(H,23,24)/t12-,16+/m1/s1. The monoisotopic (exact) mass is 413 g/mol. The molecule has 1 aliphatic carbocycles. The van der Waals surface area contributed by atoms with Gasteiger partial charge in [0, 0.05) is 11.3 Å². The van der Waals surface area contributed by atoms with E-state index in [9.17, 15) is 14.4 Å². The van der Waals surface area contributed by atoms with Crippen molar-refractivity contribution >= 4 is 34.2 Å². The second-order valence-electron chi connectivity index (χ2n) is 7.52. The average molecular weight is 413 g/mol. The van der Waals surface area contributed by atoms with Crippen LogP contribution < -0.4 is 5.32 Å². The predicted octanol–water partition coefficient (Wildman–Crippen LogP) is 3.77. The Bertz CT molecular complexity index is 980. The summed E-state index contributed by atoms with van der Waals surface area (Å²) in [5.41, 5.74) is 2.71. The molecule has 1 aromatic heterocycles. The van der Waals surface area contributed by atoms with Gasteiger partial charge in [0.15, 0.2) is 6.10 Å². The molecule has 4 rings (SSSR count). The molecule has 0 unspecified atom stereocenters. The van der Waals surface area contributed by atoms with Crippen molar-refractivity contribution in [2.45, 2.75) is 45.6 Å². The van der Waals surface area contributed by atoms with E-state index < -0.39 is 23.9 Å². The predicted molar refractivity (Wildman–Crippen MR) is 109 cm³/mol. The lowest BCUT2D eigenvalue weighted by molar-refractivity contribution is -0.125. The van der Waals surface area contributed by atoms with Crippen LogP contribution in [-0.4, -0.2) is 30.6 Å². The van der Waals surface area contributed by atoms with Crippen LogP contribution >= 0.6 is 11.3 Å². The number of carbonyl (C=O) groups is 3. The van der Waals surface area contributed by atoms with Crippen LogP contribution in [0.15, 0.2) is 24.3 Å². The number of thiophene rings is 1. The van der Waals surface area contributed by atoms with E-state index in [2.05, 4.69) is 12.2 Å². The van der Waals surface area contributed by atoms with E-state index in [-0.39, 0.29) is 6.61 Å². The molecule has 0 radical (unpaired) electrons. The number of anilines is 1. The average Bonchev–Trinajstić information content (AvgIpc) is 3.05. The largest absolute Gasteiger partial charge is 0.462 e. The molecule has 0 saturated carbocycles. The number of fused-ring (bicyclic) bond motifs is 2. The van der Waals surface area contributed by atoms with Crippen molar-refractivity contribution in [3.05, 3.63) is 51.4 Å². The number of cyclic esters (lactones) is 1. The molecule has 0 fully saturated rings. The Kier molecular flexibility index (Phi) is 5.41. The van der Waals surface area contributed by atoms with Gasteiger partial charge in [0.1, 0.15) is 5.00 Å². The van der Waals surface area contributed by atoms with Crippen molar-refractivity contribution in [2.75, 3.05) is 11.9 Å². The van der Waals surface area contributed by atoms with Gasteiger partial charge in [0.05, 0.1) is 17.7 Å². The van der Waals surface area contributed by atoms with Crippen LogP contribution in [0.3, 0.4) is 0 Å². The molecule has 1 aliphatic heterocycles. The normalized spacial score (nSPS) is 20.3. The summed E-state index contributed by atoms with van der Waals surface area (Å²) in [5.74, 6) is -0.807. The van der Waals surface area contributed by atoms with E-state index in [0.717, 1.165) is 35.3 Å². The fourth-order valence-corrected chi connectivity index (χ4v) is 5.33. The van der Waals surface area contributed by atoms with E-state index in [1.54, 1.807) is 19.1 Å². The molecule has 2 aromatic rings. The Balaban J connectivity index is 1.60. The molecule has 0 spiro atoms. The third-order valence-electron chi connectivity index (χ3n) is 5.41. The van der Waals surface area contributed by atoms with Gasteiger partial charge >= 0.3 is 11.9 Å². The molecule has 7 heteroatoms. The minimum atomic E-state index is -0.925. The highest BCUT2D eigenvalue weighted by molar-refractivity contribution is 7.17. The van der Waals surface area contributed by atoms with E-state index >= 15 is 0 Å². The highest BCUT2D eigenvalue weighted by Gasteiger charge is 2.34. The van der Waals surface area contributed by atoms with Gasteiger partial charge < -0.3 is 14.8 Å². The summed E-state index contributed by atoms with van der Waals surface area (Å²) >= 11 is 1.43. The number of rotatable bonds is 4. The van der Waals surface area contributed by atoms with Crippen molar-refractivity contribution < 1.29 is 23.9 Å². The van der Waals surface area contributed by atoms with Crippen LogP contribution in [0.25, 0.3) is 0 Å². The van der Waals surface area contributed by atoms with Crippen LogP contribution in [0.5, 0.6) is 0 Å². The SMILES string of the molecule is CCOC(=O)c1c(NC(=O)[C@@H]2Cc3ccccc3C(=O)O2)sc2c1CC[C@@H](C)C2. The van der Waals surface area contributed by atoms with Gasteiger partial charge in [-0.1, -0.05) is 25.1 Å². The van der Waals surface area contributed by atoms with Crippen LogP contribution in [0.4, 0.5) is 5.00 Å². The maximum absolute atomic E-state index is 12.9. The first-order chi connectivity index (χ1) is 14.0. The third-order valence-corrected chi connectivity index (χ3v) is 6.58. The highest BCUT2D eigenvalue weighted by atomic mass is 32.1. The number of hydrogen-bond donors (Lipinski definition) is 1. The number of carbonyl (C=O) groups excluding carboxylic acids is 3. The van der Waals surface area contributed by atoms with E-state index in [1.807, 2.05) is 12.1 Å². The van der Waals surface area contributed by atoms with Crippen LogP contribution in [0.1, 0.15) is 57.0 Å². The van der Waals surface area contributed by atoms with Gasteiger partial charge in [0.2, 0.25) is 0 Å². The molecule has 1 amide bonds. The number of amides is 1. The fraction of sp³-hybridized carbons (Fsp3) is 0.409. The number of ether oxygens (including phenoxy) is 2. The second kappa shape index (κ2) is 7.99. The molecule has 1 N–H and O–H groups in total.